The van der Waals surface area contributed by atoms with Crippen molar-refractivity contribution >= 4 is 49.3 Å². The van der Waals surface area contributed by atoms with Crippen LogP contribution in [0.5, 0.6) is 0 Å². The highest BCUT2D eigenvalue weighted by Gasteiger charge is 2.21. The lowest BCUT2D eigenvalue weighted by atomic mass is 9.95. The molecular formula is C51H32N2O. The van der Waals surface area contributed by atoms with Crippen LogP contribution >= 0.6 is 0 Å². The summed E-state index contributed by atoms with van der Waals surface area (Å²) in [5, 5.41) is 5.81. The molecule has 54 heavy (non-hydrogen) atoms. The number of imidazole rings is 1. The summed E-state index contributed by atoms with van der Waals surface area (Å²) >= 11 is 0. The third-order valence-electron chi connectivity index (χ3n) is 10.8. The molecule has 3 aromatic heterocycles. The molecule has 8 aromatic carbocycles. The SMILES string of the molecule is c1ccc(-c2nc3c4ccccc4c4cc(-c5ccc(-c6cccc(-c7cccc8c7oc7ccccc78)c6)cc5)ccc4n3c2-c2ccccc2)cc1. The van der Waals surface area contributed by atoms with Crippen LogP contribution in [-0.2, 0) is 0 Å². The quantitative estimate of drug-likeness (QED) is 0.169. The van der Waals surface area contributed by atoms with Crippen molar-refractivity contribution in [3.05, 3.63) is 194 Å². The molecule has 0 unspecified atom stereocenters. The number of fused-ring (bicyclic) bond motifs is 9. The number of pyridine rings is 1. The topological polar surface area (TPSA) is 30.4 Å². The van der Waals surface area contributed by atoms with Gasteiger partial charge in [0.25, 0.3) is 0 Å². The highest BCUT2D eigenvalue weighted by molar-refractivity contribution is 6.14. The van der Waals surface area contributed by atoms with E-state index in [1.807, 2.05) is 12.1 Å². The second kappa shape index (κ2) is 12.2. The second-order valence-corrected chi connectivity index (χ2v) is 13.9. The minimum absolute atomic E-state index is 0.913. The van der Waals surface area contributed by atoms with Crippen molar-refractivity contribution in [3.63, 3.8) is 0 Å². The van der Waals surface area contributed by atoms with E-state index in [-0.39, 0.29) is 0 Å². The summed E-state index contributed by atoms with van der Waals surface area (Å²) in [5.41, 5.74) is 15.2. The van der Waals surface area contributed by atoms with Crippen molar-refractivity contribution in [1.82, 2.24) is 9.38 Å². The van der Waals surface area contributed by atoms with Crippen LogP contribution in [-0.4, -0.2) is 9.38 Å². The first-order chi connectivity index (χ1) is 26.8. The van der Waals surface area contributed by atoms with Gasteiger partial charge in [-0.05, 0) is 57.5 Å². The summed E-state index contributed by atoms with van der Waals surface area (Å²) in [6.45, 7) is 0. The van der Waals surface area contributed by atoms with Crippen molar-refractivity contribution in [2.24, 2.45) is 0 Å². The molecule has 0 fully saturated rings. The highest BCUT2D eigenvalue weighted by atomic mass is 16.3. The summed E-state index contributed by atoms with van der Waals surface area (Å²) in [6.07, 6.45) is 0. The second-order valence-electron chi connectivity index (χ2n) is 13.9. The molecule has 3 nitrogen and oxygen atoms in total. The number of benzene rings is 8. The van der Waals surface area contributed by atoms with E-state index in [0.717, 1.165) is 72.1 Å². The van der Waals surface area contributed by atoms with Gasteiger partial charge in [0.1, 0.15) is 16.8 Å². The first-order valence-corrected chi connectivity index (χ1v) is 18.4. The molecule has 3 heterocycles. The highest BCUT2D eigenvalue weighted by Crippen LogP contribution is 2.41. The largest absolute Gasteiger partial charge is 0.455 e. The molecule has 0 saturated carbocycles. The molecule has 3 heteroatoms. The van der Waals surface area contributed by atoms with E-state index < -0.39 is 0 Å². The third-order valence-corrected chi connectivity index (χ3v) is 10.8. The van der Waals surface area contributed by atoms with Gasteiger partial charge in [-0.2, -0.15) is 0 Å². The molecule has 0 saturated heterocycles. The summed E-state index contributed by atoms with van der Waals surface area (Å²) < 4.78 is 8.74. The van der Waals surface area contributed by atoms with E-state index in [1.165, 1.54) is 33.0 Å². The molecule has 11 rings (SSSR count). The summed E-state index contributed by atoms with van der Waals surface area (Å²) in [5.74, 6) is 0. The number of hydrogen-bond acceptors (Lipinski definition) is 2. The average Bonchev–Trinajstić information content (AvgIpc) is 3.84. The fraction of sp³-hybridized carbons (Fsp3) is 0. The molecule has 0 radical (unpaired) electrons. The van der Waals surface area contributed by atoms with Crippen LogP contribution in [0.4, 0.5) is 0 Å². The molecule has 0 atom stereocenters. The Kier molecular flexibility index (Phi) is 6.86. The number of nitrogens with zero attached hydrogens (tertiary/aromatic N) is 2. The maximum absolute atomic E-state index is 6.37. The van der Waals surface area contributed by atoms with Gasteiger partial charge < -0.3 is 4.42 Å². The van der Waals surface area contributed by atoms with E-state index in [2.05, 4.69) is 186 Å². The van der Waals surface area contributed by atoms with Crippen LogP contribution in [0, 0.1) is 0 Å². The van der Waals surface area contributed by atoms with Crippen LogP contribution in [0.25, 0.3) is 105 Å². The van der Waals surface area contributed by atoms with Crippen LogP contribution < -0.4 is 0 Å². The number of rotatable bonds is 5. The number of furan rings is 1. The number of hydrogen-bond donors (Lipinski definition) is 0. The van der Waals surface area contributed by atoms with E-state index in [0.29, 0.717) is 0 Å². The Hall–Kier alpha value is -7.23. The van der Waals surface area contributed by atoms with Crippen LogP contribution in [0.2, 0.25) is 0 Å². The van der Waals surface area contributed by atoms with Crippen LogP contribution in [0.15, 0.2) is 199 Å². The lowest BCUT2D eigenvalue weighted by Gasteiger charge is -2.13. The Labute approximate surface area is 312 Å². The van der Waals surface area contributed by atoms with Crippen molar-refractivity contribution in [2.45, 2.75) is 0 Å². The minimum atomic E-state index is 0.913. The Morgan fingerprint density at radius 2 is 0.944 bits per heavy atom. The first-order valence-electron chi connectivity index (χ1n) is 18.4. The van der Waals surface area contributed by atoms with E-state index >= 15 is 0 Å². The molecule has 0 aliphatic carbocycles. The predicted octanol–water partition coefficient (Wildman–Crippen LogP) is 13.9. The Morgan fingerprint density at radius 1 is 0.370 bits per heavy atom. The summed E-state index contributed by atoms with van der Waals surface area (Å²) in [6, 6.07) is 69.1. The van der Waals surface area contributed by atoms with E-state index in [9.17, 15) is 0 Å². The van der Waals surface area contributed by atoms with Gasteiger partial charge in [0.05, 0.1) is 16.9 Å². The Morgan fingerprint density at radius 3 is 1.72 bits per heavy atom. The smallest absolute Gasteiger partial charge is 0.146 e. The molecule has 0 amide bonds. The fourth-order valence-electron chi connectivity index (χ4n) is 8.23. The third kappa shape index (κ3) is 4.79. The van der Waals surface area contributed by atoms with Gasteiger partial charge in [0.15, 0.2) is 0 Å². The van der Waals surface area contributed by atoms with Gasteiger partial charge in [-0.15, -0.1) is 0 Å². The molecular weight excluding hydrogens is 657 g/mol. The van der Waals surface area contributed by atoms with Gasteiger partial charge in [0, 0.05) is 38.2 Å². The van der Waals surface area contributed by atoms with Gasteiger partial charge in [-0.25, -0.2) is 4.98 Å². The van der Waals surface area contributed by atoms with Gasteiger partial charge in [-0.3, -0.25) is 4.40 Å². The molecule has 11 aromatic rings. The van der Waals surface area contributed by atoms with Crippen LogP contribution in [0.3, 0.4) is 0 Å². The van der Waals surface area contributed by atoms with Crippen LogP contribution in [0.1, 0.15) is 0 Å². The lowest BCUT2D eigenvalue weighted by Crippen LogP contribution is -1.95. The van der Waals surface area contributed by atoms with Gasteiger partial charge in [0.2, 0.25) is 0 Å². The molecule has 0 aliphatic heterocycles. The van der Waals surface area contributed by atoms with Gasteiger partial charge in [-0.1, -0.05) is 170 Å². The Bertz CT molecular complexity index is 3190. The lowest BCUT2D eigenvalue weighted by molar-refractivity contribution is 0.670. The number of para-hydroxylation sites is 2. The zero-order valence-electron chi connectivity index (χ0n) is 29.3. The fourth-order valence-corrected chi connectivity index (χ4v) is 8.23. The summed E-state index contributed by atoms with van der Waals surface area (Å²) in [4.78, 5) is 5.36. The summed E-state index contributed by atoms with van der Waals surface area (Å²) in [7, 11) is 0. The standard InChI is InChI=1S/C51H32N2O/c1-3-13-35(14-4-1)48-49(36-15-5-2-6-16-36)53-46-30-29-38(32-45(46)41-19-7-8-21-44(41)51(53)52-48)34-27-25-33(26-28-34)37-17-11-18-39(31-37)40-22-12-23-43-42-20-9-10-24-47(42)54-50(40)43/h1-32H. The molecule has 0 spiro atoms. The zero-order chi connectivity index (χ0) is 35.6. The normalized spacial score (nSPS) is 11.7. The average molecular weight is 689 g/mol. The van der Waals surface area contributed by atoms with E-state index in [1.54, 1.807) is 0 Å². The maximum Gasteiger partial charge on any atom is 0.146 e. The number of aromatic nitrogens is 2. The van der Waals surface area contributed by atoms with Crippen molar-refractivity contribution in [2.75, 3.05) is 0 Å². The van der Waals surface area contributed by atoms with Crippen molar-refractivity contribution < 1.29 is 4.42 Å². The van der Waals surface area contributed by atoms with E-state index in [4.69, 9.17) is 9.40 Å². The molecule has 252 valence electrons. The predicted molar refractivity (Wildman–Crippen MR) is 225 cm³/mol. The first kappa shape index (κ1) is 30.4. The Balaban J connectivity index is 1.03. The molecule has 0 aliphatic rings. The maximum atomic E-state index is 6.37. The van der Waals surface area contributed by atoms with Crippen molar-refractivity contribution in [3.8, 4) is 55.9 Å². The van der Waals surface area contributed by atoms with Gasteiger partial charge >= 0.3 is 0 Å². The minimum Gasteiger partial charge on any atom is -0.455 e. The van der Waals surface area contributed by atoms with Crippen molar-refractivity contribution in [1.29, 1.82) is 0 Å². The molecule has 0 bridgehead atoms. The molecule has 0 N–H and O–H groups in total. The monoisotopic (exact) mass is 688 g/mol. The zero-order valence-corrected chi connectivity index (χ0v) is 29.3.